The van der Waals surface area contributed by atoms with Crippen molar-refractivity contribution < 1.29 is 13.2 Å². The van der Waals surface area contributed by atoms with Gasteiger partial charge < -0.3 is 15.2 Å². The summed E-state index contributed by atoms with van der Waals surface area (Å²) >= 11 is 0. The van der Waals surface area contributed by atoms with E-state index in [0.717, 1.165) is 6.26 Å². The van der Waals surface area contributed by atoms with Crippen LogP contribution in [0.15, 0.2) is 12.3 Å². The standard InChI is InChI=1S/C12H21N3O3S/c1-9(2)15-8-10(13)7-11(15)12(16)14(3)5-6-19(4,17)18/h7-9H,5-6,13H2,1-4H3. The zero-order chi connectivity index (χ0) is 14.8. The van der Waals surface area contributed by atoms with Crippen LogP contribution in [-0.4, -0.2) is 49.4 Å². The van der Waals surface area contributed by atoms with E-state index < -0.39 is 9.84 Å². The summed E-state index contributed by atoms with van der Waals surface area (Å²) in [5.41, 5.74) is 6.71. The van der Waals surface area contributed by atoms with Crippen LogP contribution in [0, 0.1) is 0 Å². The predicted molar refractivity (Wildman–Crippen MR) is 75.9 cm³/mol. The largest absolute Gasteiger partial charge is 0.397 e. The third-order valence-electron chi connectivity index (χ3n) is 2.79. The van der Waals surface area contributed by atoms with Crippen LogP contribution < -0.4 is 5.73 Å². The van der Waals surface area contributed by atoms with Gasteiger partial charge in [-0.25, -0.2) is 8.42 Å². The molecule has 2 N–H and O–H groups in total. The summed E-state index contributed by atoms with van der Waals surface area (Å²) in [6.45, 7) is 4.07. The topological polar surface area (TPSA) is 85.4 Å². The Labute approximate surface area is 114 Å². The second kappa shape index (κ2) is 5.64. The van der Waals surface area contributed by atoms with E-state index in [-0.39, 0.29) is 24.2 Å². The number of nitrogen functional groups attached to an aromatic ring is 1. The van der Waals surface area contributed by atoms with Gasteiger partial charge in [-0.05, 0) is 19.9 Å². The van der Waals surface area contributed by atoms with Gasteiger partial charge in [-0.3, -0.25) is 4.79 Å². The van der Waals surface area contributed by atoms with Crippen LogP contribution >= 0.6 is 0 Å². The molecule has 6 nitrogen and oxygen atoms in total. The zero-order valence-corrected chi connectivity index (χ0v) is 12.6. The van der Waals surface area contributed by atoms with Crippen LogP contribution in [0.5, 0.6) is 0 Å². The maximum Gasteiger partial charge on any atom is 0.270 e. The number of aromatic nitrogens is 1. The number of amides is 1. The van der Waals surface area contributed by atoms with Crippen LogP contribution in [0.2, 0.25) is 0 Å². The Kier molecular flexibility index (Phi) is 4.62. The minimum absolute atomic E-state index is 0.0485. The first-order chi connectivity index (χ1) is 8.61. The van der Waals surface area contributed by atoms with Gasteiger partial charge in [0.2, 0.25) is 0 Å². The Morgan fingerprint density at radius 3 is 2.53 bits per heavy atom. The molecule has 0 fully saturated rings. The number of carbonyl (C=O) groups excluding carboxylic acids is 1. The first-order valence-electron chi connectivity index (χ1n) is 6.02. The highest BCUT2D eigenvalue weighted by molar-refractivity contribution is 7.90. The molecular weight excluding hydrogens is 266 g/mol. The lowest BCUT2D eigenvalue weighted by atomic mass is 10.3. The molecule has 0 aliphatic rings. The van der Waals surface area contributed by atoms with Gasteiger partial charge in [-0.15, -0.1) is 0 Å². The van der Waals surface area contributed by atoms with Crippen molar-refractivity contribution in [1.82, 2.24) is 9.47 Å². The van der Waals surface area contributed by atoms with E-state index in [1.54, 1.807) is 23.9 Å². The zero-order valence-electron chi connectivity index (χ0n) is 11.8. The SMILES string of the molecule is CC(C)n1cc(N)cc1C(=O)N(C)CCS(C)(=O)=O. The lowest BCUT2D eigenvalue weighted by Crippen LogP contribution is -2.33. The normalized spacial score (nSPS) is 11.8. The first kappa shape index (κ1) is 15.6. The van der Waals surface area contributed by atoms with E-state index in [1.807, 2.05) is 13.8 Å². The molecule has 0 aliphatic carbocycles. The van der Waals surface area contributed by atoms with E-state index in [2.05, 4.69) is 0 Å². The Morgan fingerprint density at radius 1 is 1.47 bits per heavy atom. The van der Waals surface area contributed by atoms with Gasteiger partial charge >= 0.3 is 0 Å². The van der Waals surface area contributed by atoms with Crippen molar-refractivity contribution in [3.63, 3.8) is 0 Å². The number of rotatable bonds is 5. The lowest BCUT2D eigenvalue weighted by Gasteiger charge is -2.19. The molecule has 1 heterocycles. The highest BCUT2D eigenvalue weighted by atomic mass is 32.2. The fourth-order valence-electron chi connectivity index (χ4n) is 1.70. The average molecular weight is 287 g/mol. The number of hydrogen-bond donors (Lipinski definition) is 1. The van der Waals surface area contributed by atoms with Gasteiger partial charge in [-0.2, -0.15) is 0 Å². The van der Waals surface area contributed by atoms with Gasteiger partial charge in [0.05, 0.1) is 11.4 Å². The summed E-state index contributed by atoms with van der Waals surface area (Å²) in [7, 11) is -1.50. The van der Waals surface area contributed by atoms with E-state index in [4.69, 9.17) is 5.73 Å². The molecule has 108 valence electrons. The fraction of sp³-hybridized carbons (Fsp3) is 0.583. The minimum atomic E-state index is -3.08. The number of anilines is 1. The van der Waals surface area contributed by atoms with E-state index in [1.165, 1.54) is 4.90 Å². The molecule has 1 amide bonds. The molecule has 1 rings (SSSR count). The molecule has 7 heteroatoms. The van der Waals surface area contributed by atoms with Crippen LogP contribution in [-0.2, 0) is 9.84 Å². The van der Waals surface area contributed by atoms with E-state index >= 15 is 0 Å². The summed E-state index contributed by atoms with van der Waals surface area (Å²) in [4.78, 5) is 13.7. The second-order valence-corrected chi connectivity index (χ2v) is 7.28. The van der Waals surface area contributed by atoms with Gasteiger partial charge in [0.25, 0.3) is 5.91 Å². The summed E-state index contributed by atoms with van der Waals surface area (Å²) in [5.74, 6) is -0.276. The summed E-state index contributed by atoms with van der Waals surface area (Å²) in [6.07, 6.45) is 2.86. The van der Waals surface area contributed by atoms with Crippen molar-refractivity contribution in [2.45, 2.75) is 19.9 Å². The minimum Gasteiger partial charge on any atom is -0.397 e. The molecule has 0 saturated heterocycles. The predicted octanol–water partition coefficient (Wildman–Crippen LogP) is 0.768. The van der Waals surface area contributed by atoms with Crippen molar-refractivity contribution >= 4 is 21.4 Å². The molecule has 0 aromatic carbocycles. The van der Waals surface area contributed by atoms with Crippen molar-refractivity contribution in [3.05, 3.63) is 18.0 Å². The number of sulfone groups is 1. The second-order valence-electron chi connectivity index (χ2n) is 5.02. The smallest absolute Gasteiger partial charge is 0.270 e. The van der Waals surface area contributed by atoms with Crippen molar-refractivity contribution in [2.75, 3.05) is 31.3 Å². The van der Waals surface area contributed by atoms with Crippen LogP contribution in [0.1, 0.15) is 30.4 Å². The van der Waals surface area contributed by atoms with Gasteiger partial charge in [-0.1, -0.05) is 0 Å². The Morgan fingerprint density at radius 2 is 2.05 bits per heavy atom. The molecular formula is C12H21N3O3S. The van der Waals surface area contributed by atoms with Crippen LogP contribution in [0.25, 0.3) is 0 Å². The number of nitrogens with two attached hydrogens (primary N) is 1. The molecule has 0 spiro atoms. The molecule has 0 atom stereocenters. The highest BCUT2D eigenvalue weighted by Gasteiger charge is 2.19. The van der Waals surface area contributed by atoms with E-state index in [0.29, 0.717) is 11.4 Å². The molecule has 19 heavy (non-hydrogen) atoms. The molecule has 0 aliphatic heterocycles. The third kappa shape index (κ3) is 4.27. The Balaban J connectivity index is 2.88. The number of nitrogens with zero attached hydrogens (tertiary/aromatic N) is 2. The molecule has 0 radical (unpaired) electrons. The Hall–Kier alpha value is -1.50. The highest BCUT2D eigenvalue weighted by Crippen LogP contribution is 2.17. The van der Waals surface area contributed by atoms with Gasteiger partial charge in [0, 0.05) is 32.1 Å². The summed E-state index contributed by atoms with van der Waals surface area (Å²) < 4.78 is 24.0. The van der Waals surface area contributed by atoms with Gasteiger partial charge in [0.15, 0.2) is 0 Å². The van der Waals surface area contributed by atoms with Gasteiger partial charge in [0.1, 0.15) is 15.5 Å². The number of hydrogen-bond acceptors (Lipinski definition) is 4. The molecule has 1 aromatic rings. The third-order valence-corrected chi connectivity index (χ3v) is 3.71. The molecule has 0 unspecified atom stereocenters. The fourth-order valence-corrected chi connectivity index (χ4v) is 2.30. The van der Waals surface area contributed by atoms with Crippen molar-refractivity contribution in [3.8, 4) is 0 Å². The van der Waals surface area contributed by atoms with Crippen molar-refractivity contribution in [2.24, 2.45) is 0 Å². The lowest BCUT2D eigenvalue weighted by molar-refractivity contribution is 0.0791. The Bertz CT molecular complexity index is 561. The first-order valence-corrected chi connectivity index (χ1v) is 8.08. The average Bonchev–Trinajstić information content (AvgIpc) is 2.66. The molecule has 0 saturated carbocycles. The molecule has 0 bridgehead atoms. The van der Waals surface area contributed by atoms with Crippen LogP contribution in [0.3, 0.4) is 0 Å². The summed E-state index contributed by atoms with van der Waals surface area (Å²) in [6, 6.07) is 1.72. The molecule has 1 aromatic heterocycles. The maximum absolute atomic E-state index is 12.3. The number of carbonyl (C=O) groups is 1. The van der Waals surface area contributed by atoms with Crippen LogP contribution in [0.4, 0.5) is 5.69 Å². The monoisotopic (exact) mass is 287 g/mol. The quantitative estimate of drug-likeness (QED) is 0.866. The van der Waals surface area contributed by atoms with Crippen molar-refractivity contribution in [1.29, 1.82) is 0 Å². The van der Waals surface area contributed by atoms with E-state index in [9.17, 15) is 13.2 Å². The summed E-state index contributed by atoms with van der Waals surface area (Å²) in [5, 5.41) is 0. The maximum atomic E-state index is 12.3.